The Morgan fingerprint density at radius 1 is 1.14 bits per heavy atom. The molecule has 220 valence electrons. The van der Waals surface area contributed by atoms with Crippen molar-refractivity contribution in [3.63, 3.8) is 0 Å². The molecule has 2 aromatic heterocycles. The molecule has 0 radical (unpaired) electrons. The van der Waals surface area contributed by atoms with Gasteiger partial charge in [0.2, 0.25) is 0 Å². The number of nitrogens with zero attached hydrogens (tertiary/aromatic N) is 5. The van der Waals surface area contributed by atoms with Gasteiger partial charge in [-0.2, -0.15) is 0 Å². The number of carboxylic acid groups (broad SMARTS) is 1. The lowest BCUT2D eigenvalue weighted by Gasteiger charge is -2.42. The number of halogens is 1. The van der Waals surface area contributed by atoms with Crippen molar-refractivity contribution < 1.29 is 23.8 Å². The van der Waals surface area contributed by atoms with E-state index in [0.29, 0.717) is 36.5 Å². The summed E-state index contributed by atoms with van der Waals surface area (Å²) in [5.74, 6) is 2.57. The Kier molecular flexibility index (Phi) is 7.21. The molecule has 3 saturated heterocycles. The lowest BCUT2D eigenvalue weighted by atomic mass is 10.1. The summed E-state index contributed by atoms with van der Waals surface area (Å²) in [4.78, 5) is 25.7. The molecule has 2 aromatic carbocycles. The van der Waals surface area contributed by atoms with Gasteiger partial charge in [-0.1, -0.05) is 12.0 Å². The van der Waals surface area contributed by atoms with Gasteiger partial charge in [0.25, 0.3) is 0 Å². The minimum Gasteiger partial charge on any atom is -0.487 e. The van der Waals surface area contributed by atoms with Crippen LogP contribution >= 0.6 is 0 Å². The molecule has 5 heterocycles. The van der Waals surface area contributed by atoms with Crippen LogP contribution < -0.4 is 9.64 Å². The van der Waals surface area contributed by atoms with Gasteiger partial charge in [-0.25, -0.2) is 14.2 Å². The second kappa shape index (κ2) is 11.3. The molecule has 3 fully saturated rings. The summed E-state index contributed by atoms with van der Waals surface area (Å²) >= 11 is 0. The molecule has 10 heteroatoms. The van der Waals surface area contributed by atoms with E-state index >= 15 is 0 Å². The van der Waals surface area contributed by atoms with Crippen LogP contribution in [0.1, 0.15) is 46.7 Å². The molecule has 7 rings (SSSR count). The molecule has 0 aliphatic carbocycles. The number of piperazine rings is 1. The maximum atomic E-state index is 14.3. The summed E-state index contributed by atoms with van der Waals surface area (Å²) in [7, 11) is 0. The van der Waals surface area contributed by atoms with E-state index in [9.17, 15) is 14.3 Å². The smallest absolute Gasteiger partial charge is 0.335 e. The standard InChI is InChI=1S/C33H32FN5O4/c1-2-21-12-28(34)30(35-15-21)20-43-26-5-3-4-23(14-26)37-16-24-7-8-25(17-37)38(24)19-32-36-29-9-6-22(33(40)41)13-31(29)39(32)18-27-10-11-42-27/h1,3-6,9,12-15,24-25,27H,7-8,10-11,16-20H2,(H,40,41)/t24?,25?,27-/m0/s1. The minimum absolute atomic E-state index is 0.0139. The van der Waals surface area contributed by atoms with E-state index < -0.39 is 11.8 Å². The van der Waals surface area contributed by atoms with Crippen LogP contribution in [0, 0.1) is 18.2 Å². The van der Waals surface area contributed by atoms with Crippen LogP contribution in [-0.2, 0) is 24.4 Å². The van der Waals surface area contributed by atoms with E-state index in [1.807, 2.05) is 18.2 Å². The monoisotopic (exact) mass is 581 g/mol. The lowest BCUT2D eigenvalue weighted by molar-refractivity contribution is -0.0592. The number of carbonyl (C=O) groups is 1. The number of hydrogen-bond acceptors (Lipinski definition) is 7. The second-order valence-electron chi connectivity index (χ2n) is 11.5. The number of terminal acetylenes is 1. The summed E-state index contributed by atoms with van der Waals surface area (Å²) in [6.45, 7) is 3.90. The fraction of sp³-hybridized carbons (Fsp3) is 0.364. The van der Waals surface area contributed by atoms with E-state index in [2.05, 4.69) is 31.3 Å². The first-order valence-electron chi connectivity index (χ1n) is 14.6. The number of imidazole rings is 1. The Bertz CT molecular complexity index is 1710. The van der Waals surface area contributed by atoms with Crippen molar-refractivity contribution in [1.82, 2.24) is 19.4 Å². The van der Waals surface area contributed by atoms with Crippen LogP contribution in [0.15, 0.2) is 54.7 Å². The lowest BCUT2D eigenvalue weighted by Crippen LogP contribution is -2.53. The van der Waals surface area contributed by atoms with E-state index in [1.165, 1.54) is 12.3 Å². The Morgan fingerprint density at radius 2 is 1.95 bits per heavy atom. The molecular formula is C33H32FN5O4. The first-order valence-corrected chi connectivity index (χ1v) is 14.6. The van der Waals surface area contributed by atoms with Gasteiger partial charge in [0, 0.05) is 55.3 Å². The van der Waals surface area contributed by atoms with Crippen LogP contribution in [0.25, 0.3) is 11.0 Å². The van der Waals surface area contributed by atoms with E-state index in [1.54, 1.807) is 18.2 Å². The minimum atomic E-state index is -0.942. The van der Waals surface area contributed by atoms with E-state index in [4.69, 9.17) is 20.9 Å². The number of hydrogen-bond donors (Lipinski definition) is 1. The van der Waals surface area contributed by atoms with Crippen molar-refractivity contribution in [3.8, 4) is 18.1 Å². The molecule has 2 unspecified atom stereocenters. The normalized spacial score (nSPS) is 21.5. The number of ether oxygens (including phenoxy) is 2. The van der Waals surface area contributed by atoms with Gasteiger partial charge in [-0.3, -0.25) is 9.88 Å². The van der Waals surface area contributed by atoms with Crippen LogP contribution in [-0.4, -0.2) is 68.4 Å². The number of aromatic carboxylic acids is 1. The number of fused-ring (bicyclic) bond motifs is 3. The summed E-state index contributed by atoms with van der Waals surface area (Å²) in [5, 5.41) is 9.57. The largest absolute Gasteiger partial charge is 0.487 e. The third-order valence-corrected chi connectivity index (χ3v) is 8.85. The molecule has 3 atom stereocenters. The van der Waals surface area contributed by atoms with Crippen molar-refractivity contribution in [2.45, 2.75) is 57.1 Å². The predicted molar refractivity (Wildman–Crippen MR) is 159 cm³/mol. The number of aromatic nitrogens is 3. The Balaban J connectivity index is 1.06. The van der Waals surface area contributed by atoms with Crippen LogP contribution in [0.4, 0.5) is 10.1 Å². The highest BCUT2D eigenvalue weighted by molar-refractivity contribution is 5.92. The molecule has 1 N–H and O–H groups in total. The van der Waals surface area contributed by atoms with Gasteiger partial charge in [0.15, 0.2) is 0 Å². The number of carboxylic acids is 1. The maximum Gasteiger partial charge on any atom is 0.335 e. The van der Waals surface area contributed by atoms with Gasteiger partial charge >= 0.3 is 5.97 Å². The fourth-order valence-electron chi connectivity index (χ4n) is 6.46. The first-order chi connectivity index (χ1) is 20.9. The summed E-state index contributed by atoms with van der Waals surface area (Å²) < 4.78 is 28.1. The highest BCUT2D eigenvalue weighted by Crippen LogP contribution is 2.35. The van der Waals surface area contributed by atoms with Gasteiger partial charge in [0.05, 0.1) is 35.8 Å². The van der Waals surface area contributed by atoms with Crippen LogP contribution in [0.2, 0.25) is 0 Å². The quantitative estimate of drug-likeness (QED) is 0.290. The number of anilines is 1. The Morgan fingerprint density at radius 3 is 2.65 bits per heavy atom. The molecular weight excluding hydrogens is 549 g/mol. The highest BCUT2D eigenvalue weighted by Gasteiger charge is 2.40. The van der Waals surface area contributed by atoms with E-state index in [0.717, 1.165) is 61.5 Å². The number of pyridine rings is 1. The van der Waals surface area contributed by atoms with Gasteiger partial charge in [-0.05, 0) is 55.7 Å². The average Bonchev–Trinajstić information content (AvgIpc) is 3.44. The zero-order valence-corrected chi connectivity index (χ0v) is 23.7. The SMILES string of the molecule is C#Cc1cnc(COc2cccc(N3CC4CCC(C3)N4Cc3nc4ccc(C(=O)O)cc4n3C[C@@H]3CCO3)c2)c(F)c1. The average molecular weight is 582 g/mol. The second-order valence-corrected chi connectivity index (χ2v) is 11.5. The van der Waals surface area contributed by atoms with Crippen molar-refractivity contribution in [1.29, 1.82) is 0 Å². The maximum absolute atomic E-state index is 14.3. The molecule has 43 heavy (non-hydrogen) atoms. The van der Waals surface area contributed by atoms with Crippen molar-refractivity contribution in [2.24, 2.45) is 0 Å². The van der Waals surface area contributed by atoms with Crippen molar-refractivity contribution >= 4 is 22.7 Å². The van der Waals surface area contributed by atoms with E-state index in [-0.39, 0.29) is 24.0 Å². The first kappa shape index (κ1) is 27.4. The van der Waals surface area contributed by atoms with Crippen LogP contribution in [0.3, 0.4) is 0 Å². The topological polar surface area (TPSA) is 93.0 Å². The molecule has 0 amide bonds. The van der Waals surface area contributed by atoms with Crippen molar-refractivity contribution in [3.05, 3.63) is 83.2 Å². The molecule has 3 aliphatic heterocycles. The zero-order valence-electron chi connectivity index (χ0n) is 23.7. The molecule has 4 aromatic rings. The third-order valence-electron chi connectivity index (χ3n) is 8.85. The number of rotatable bonds is 9. The molecule has 3 aliphatic rings. The molecule has 2 bridgehead atoms. The van der Waals surface area contributed by atoms with Crippen LogP contribution in [0.5, 0.6) is 5.75 Å². The zero-order chi connectivity index (χ0) is 29.5. The van der Waals surface area contributed by atoms with Gasteiger partial charge in [0.1, 0.15) is 29.7 Å². The summed E-state index contributed by atoms with van der Waals surface area (Å²) in [6.07, 6.45) is 10.1. The van der Waals surface area contributed by atoms with Gasteiger partial charge < -0.3 is 24.0 Å². The predicted octanol–water partition coefficient (Wildman–Crippen LogP) is 4.47. The Labute approximate surface area is 248 Å². The van der Waals surface area contributed by atoms with Crippen molar-refractivity contribution in [2.75, 3.05) is 24.6 Å². The highest BCUT2D eigenvalue weighted by atomic mass is 19.1. The number of benzene rings is 2. The molecule has 0 spiro atoms. The Hall–Kier alpha value is -4.46. The van der Waals surface area contributed by atoms with Gasteiger partial charge in [-0.15, -0.1) is 6.42 Å². The molecule has 0 saturated carbocycles. The molecule has 9 nitrogen and oxygen atoms in total. The summed E-state index contributed by atoms with van der Waals surface area (Å²) in [6, 6.07) is 15.1. The fourth-order valence-corrected chi connectivity index (χ4v) is 6.46. The third kappa shape index (κ3) is 5.42. The summed E-state index contributed by atoms with van der Waals surface area (Å²) in [5.41, 5.74) is 3.59.